The molecule has 2 heterocycles. The largest absolute Gasteiger partial charge is 0.509 e. The molecule has 0 fully saturated rings. The highest BCUT2D eigenvalue weighted by atomic mass is 16.3. The maximum atomic E-state index is 10.9. The number of nitrogens with zero attached hydrogens (tertiary/aromatic N) is 3. The quantitative estimate of drug-likeness (QED) is 0.278. The minimum absolute atomic E-state index is 0.0173. The Morgan fingerprint density at radius 1 is 0.577 bits per heavy atom. The molecule has 0 amide bonds. The molecule has 0 atom stereocenters. The van der Waals surface area contributed by atoms with Crippen LogP contribution in [0.25, 0.3) is 84.5 Å². The van der Waals surface area contributed by atoms with Crippen molar-refractivity contribution in [2.45, 2.75) is 12.8 Å². The summed E-state index contributed by atoms with van der Waals surface area (Å²) in [4.78, 5) is 9.71. The van der Waals surface area contributed by atoms with Gasteiger partial charge >= 0.3 is 0 Å². The number of hydrogen-bond acceptors (Lipinski definition) is 3. The first-order valence-electron chi connectivity index (χ1n) is 17.2. The number of fused-ring (bicyclic) bond motifs is 3. The highest BCUT2D eigenvalue weighted by Crippen LogP contribution is 2.37. The molecule has 6 aromatic carbocycles. The average Bonchev–Trinajstić information content (AvgIpc) is 3.58. The van der Waals surface area contributed by atoms with Crippen LogP contribution in [0, 0.1) is 0 Å². The van der Waals surface area contributed by atoms with Gasteiger partial charge in [-0.15, -0.1) is 5.46 Å². The molecule has 2 aromatic heterocycles. The maximum Gasteiger partial charge on any atom is 0.144 e. The summed E-state index contributed by atoms with van der Waals surface area (Å²) in [7, 11) is 25.4. The molecule has 1 aliphatic rings. The lowest BCUT2D eigenvalue weighted by Crippen LogP contribution is -2.44. The highest BCUT2D eigenvalue weighted by molar-refractivity contribution is 6.62. The fraction of sp³-hybridized carbons (Fsp3) is 0.0455. The van der Waals surface area contributed by atoms with E-state index in [1.165, 1.54) is 21.4 Å². The van der Waals surface area contributed by atoms with Gasteiger partial charge in [-0.05, 0) is 98.2 Å². The average molecular weight is 657 g/mol. The summed E-state index contributed by atoms with van der Waals surface area (Å²) in [6.45, 7) is 0. The van der Waals surface area contributed by atoms with Crippen LogP contribution >= 0.6 is 0 Å². The lowest BCUT2D eigenvalue weighted by molar-refractivity contribution is 0.484. The zero-order chi connectivity index (χ0) is 35.5. The molecule has 8 aromatic rings. The van der Waals surface area contributed by atoms with E-state index in [1.807, 2.05) is 53.2 Å². The van der Waals surface area contributed by atoms with E-state index in [2.05, 4.69) is 84.9 Å². The van der Waals surface area contributed by atoms with Gasteiger partial charge in [-0.3, -0.25) is 9.55 Å². The summed E-state index contributed by atoms with van der Waals surface area (Å²) in [5.74, 6) is 0.132. The van der Waals surface area contributed by atoms with Gasteiger partial charge in [-0.2, -0.15) is 0 Å². The van der Waals surface area contributed by atoms with Crippen LogP contribution in [0.2, 0.25) is 0 Å². The van der Waals surface area contributed by atoms with Crippen LogP contribution in [0.5, 0.6) is 5.75 Å². The fourth-order valence-electron chi connectivity index (χ4n) is 7.72. The Morgan fingerprint density at radius 2 is 1.25 bits per heavy atom. The van der Waals surface area contributed by atoms with E-state index in [4.69, 9.17) is 41.4 Å². The molecule has 8 radical (unpaired) electrons. The monoisotopic (exact) mass is 657 g/mol. The first kappa shape index (κ1) is 31.9. The van der Waals surface area contributed by atoms with Crippen molar-refractivity contribution in [2.75, 3.05) is 0 Å². The second-order valence-corrected chi connectivity index (χ2v) is 13.1. The van der Waals surface area contributed by atoms with Gasteiger partial charge in [-0.1, -0.05) is 102 Å². The molecule has 8 heteroatoms. The predicted molar refractivity (Wildman–Crippen MR) is 219 cm³/mol. The van der Waals surface area contributed by atoms with Crippen molar-refractivity contribution in [3.63, 3.8) is 0 Å². The Hall–Kier alpha value is -6.00. The molecule has 0 unspecified atom stereocenters. The number of benzene rings is 6. The van der Waals surface area contributed by atoms with Crippen LogP contribution in [-0.2, 0) is 0 Å². The summed E-state index contributed by atoms with van der Waals surface area (Å²) in [6, 6.07) is 39.5. The molecule has 0 bridgehead atoms. The van der Waals surface area contributed by atoms with Crippen molar-refractivity contribution in [3.05, 3.63) is 132 Å². The van der Waals surface area contributed by atoms with Gasteiger partial charge in [0.05, 0.1) is 16.7 Å². The van der Waals surface area contributed by atoms with Gasteiger partial charge in [0.15, 0.2) is 0 Å². The highest BCUT2D eigenvalue weighted by Gasteiger charge is 2.23. The van der Waals surface area contributed by atoms with Crippen molar-refractivity contribution in [3.8, 4) is 56.3 Å². The Morgan fingerprint density at radius 3 is 2.02 bits per heavy atom. The number of hydrogen-bond donors (Lipinski definition) is 1. The summed E-state index contributed by atoms with van der Waals surface area (Å²) < 4.78 is 2.01. The molecule has 1 aliphatic carbocycles. The van der Waals surface area contributed by atoms with Crippen LogP contribution in [0.3, 0.4) is 0 Å². The SMILES string of the molecule is [B]c1c([B])c(O)c([B])c(-c2nc3ccccc3n2-c2cccc(-c3c4c(c(-c5ccccc5-c5ccccn5)c5ccccc35)=CCCC=4)c2)c1[B]. The number of rotatable bonds is 5. The summed E-state index contributed by atoms with van der Waals surface area (Å²) >= 11 is 0. The van der Waals surface area contributed by atoms with E-state index in [1.54, 1.807) is 0 Å². The van der Waals surface area contributed by atoms with Crippen LogP contribution in [0.4, 0.5) is 0 Å². The third-order valence-electron chi connectivity index (χ3n) is 10.1. The predicted octanol–water partition coefficient (Wildman–Crippen LogP) is 4.48. The Bertz CT molecular complexity index is 2840. The molecule has 4 nitrogen and oxygen atoms in total. The first-order valence-corrected chi connectivity index (χ1v) is 17.2. The second-order valence-electron chi connectivity index (χ2n) is 13.1. The number of imidazole rings is 1. The Balaban J connectivity index is 1.32. The van der Waals surface area contributed by atoms with Crippen LogP contribution in [0.15, 0.2) is 121 Å². The van der Waals surface area contributed by atoms with Crippen molar-refractivity contribution in [1.82, 2.24) is 14.5 Å². The van der Waals surface area contributed by atoms with Crippen LogP contribution in [-0.4, -0.2) is 51.0 Å². The van der Waals surface area contributed by atoms with Crippen molar-refractivity contribution in [1.29, 1.82) is 0 Å². The molecule has 0 aliphatic heterocycles. The third kappa shape index (κ3) is 4.97. The van der Waals surface area contributed by atoms with Gasteiger partial charge in [-0.25, -0.2) is 4.98 Å². The summed E-state index contributed by atoms with van der Waals surface area (Å²) in [5.41, 5.74) is 9.52. The molecule has 0 spiro atoms. The van der Waals surface area contributed by atoms with Gasteiger partial charge in [0.2, 0.25) is 0 Å². The normalized spacial score (nSPS) is 12.4. The third-order valence-corrected chi connectivity index (χ3v) is 10.1. The van der Waals surface area contributed by atoms with Crippen molar-refractivity contribution in [2.24, 2.45) is 0 Å². The standard InChI is InChI=1S/C44H27B4N3O/c45-39-38(40(46)43(52)42(48)41(39)47)44-50-34-21-7-8-22-35(34)51(44)26-13-11-12-25(24-26)36-29-16-3-5-18-31(29)37(32-19-6-4-17-30(32)36)28-15-2-1-14-27(28)33-20-9-10-23-49-33/h1-3,5,7-24,52H,4,6H2. The van der Waals surface area contributed by atoms with E-state index in [-0.39, 0.29) is 27.6 Å². The molecule has 1 N–H and O–H groups in total. The molecule has 236 valence electrons. The van der Waals surface area contributed by atoms with Gasteiger partial charge in [0.25, 0.3) is 0 Å². The van der Waals surface area contributed by atoms with Crippen molar-refractivity contribution < 1.29 is 5.11 Å². The number of aromatic nitrogens is 3. The van der Waals surface area contributed by atoms with E-state index in [0.717, 1.165) is 62.9 Å². The maximum absolute atomic E-state index is 10.9. The lowest BCUT2D eigenvalue weighted by atomic mass is 9.66. The smallest absolute Gasteiger partial charge is 0.144 e. The van der Waals surface area contributed by atoms with Crippen LogP contribution < -0.4 is 32.3 Å². The zero-order valence-electron chi connectivity index (χ0n) is 28.2. The molecular weight excluding hydrogens is 630 g/mol. The number of phenolic OH excluding ortho intramolecular Hbond substituents is 1. The minimum Gasteiger partial charge on any atom is -0.509 e. The Kier molecular flexibility index (Phi) is 7.77. The number of para-hydroxylation sites is 2. The first-order chi connectivity index (χ1) is 25.4. The second kappa shape index (κ2) is 12.6. The Labute approximate surface area is 306 Å². The van der Waals surface area contributed by atoms with Crippen molar-refractivity contribution >= 4 is 87.2 Å². The van der Waals surface area contributed by atoms with E-state index in [9.17, 15) is 5.11 Å². The topological polar surface area (TPSA) is 50.9 Å². The molecule has 0 saturated heterocycles. The molecular formula is C44H27B4N3O. The molecule has 52 heavy (non-hydrogen) atoms. The molecule has 9 rings (SSSR count). The van der Waals surface area contributed by atoms with E-state index < -0.39 is 0 Å². The minimum atomic E-state index is -0.316. The van der Waals surface area contributed by atoms with Gasteiger partial charge in [0.1, 0.15) is 43.0 Å². The fourth-order valence-corrected chi connectivity index (χ4v) is 7.72. The number of phenols is 1. The summed E-state index contributed by atoms with van der Waals surface area (Å²) in [6.07, 6.45) is 8.49. The summed E-state index contributed by atoms with van der Waals surface area (Å²) in [5, 5.41) is 15.6. The van der Waals surface area contributed by atoms with E-state index >= 15 is 0 Å². The number of pyridine rings is 1. The molecule has 0 saturated carbocycles. The number of aromatic hydroxyl groups is 1. The van der Waals surface area contributed by atoms with E-state index in [0.29, 0.717) is 11.4 Å². The zero-order valence-corrected chi connectivity index (χ0v) is 28.2. The van der Waals surface area contributed by atoms with Crippen LogP contribution in [0.1, 0.15) is 12.8 Å². The lowest BCUT2D eigenvalue weighted by Gasteiger charge is -2.21. The van der Waals surface area contributed by atoms with Gasteiger partial charge < -0.3 is 5.11 Å². The van der Waals surface area contributed by atoms with Gasteiger partial charge in [0, 0.05) is 23.0 Å².